The van der Waals surface area contributed by atoms with Gasteiger partial charge in [-0.25, -0.2) is 4.79 Å². The minimum atomic E-state index is -1.07. The molecule has 0 unspecified atom stereocenters. The van der Waals surface area contributed by atoms with Crippen LogP contribution in [0.4, 0.5) is 0 Å². The van der Waals surface area contributed by atoms with Gasteiger partial charge in [-0.3, -0.25) is 5.10 Å². The highest BCUT2D eigenvalue weighted by Gasteiger charge is 2.15. The van der Waals surface area contributed by atoms with Gasteiger partial charge < -0.3 is 14.6 Å². The smallest absolute Gasteiger partial charge is 0.357 e. The Morgan fingerprint density at radius 1 is 1.05 bits per heavy atom. The van der Waals surface area contributed by atoms with Crippen molar-refractivity contribution in [2.45, 2.75) is 0 Å². The maximum atomic E-state index is 11.1. The van der Waals surface area contributed by atoms with E-state index in [0.717, 1.165) is 5.75 Å². The average Bonchev–Trinajstić information content (AvgIpc) is 2.97. The van der Waals surface area contributed by atoms with Gasteiger partial charge in [0.05, 0.1) is 0 Å². The number of nitrogens with one attached hydrogen (secondary N) is 1. The van der Waals surface area contributed by atoms with Crippen LogP contribution in [-0.4, -0.2) is 34.5 Å². The summed E-state index contributed by atoms with van der Waals surface area (Å²) in [7, 11) is 0. The van der Waals surface area contributed by atoms with E-state index in [9.17, 15) is 4.79 Å². The fraction of sp³-hybridized carbons (Fsp3) is 0.125. The summed E-state index contributed by atoms with van der Waals surface area (Å²) in [5.74, 6) is 0.254. The summed E-state index contributed by atoms with van der Waals surface area (Å²) < 4.78 is 11.2. The largest absolute Gasteiger partial charge is 0.490 e. The molecular weight excluding hydrogens is 284 g/mol. The molecule has 2 N–H and O–H groups in total. The molecule has 0 aliphatic rings. The lowest BCUT2D eigenvalue weighted by molar-refractivity contribution is 0.0692. The second-order valence-corrected chi connectivity index (χ2v) is 4.57. The first kappa shape index (κ1) is 13.9. The first-order valence-corrected chi connectivity index (χ1v) is 6.77. The molecule has 1 aromatic heterocycles. The number of nitrogens with zero attached hydrogens (tertiary/aromatic N) is 1. The normalized spacial score (nSPS) is 10.5. The number of carboxylic acids is 1. The lowest BCUT2D eigenvalue weighted by atomic mass is 10.2. The van der Waals surface area contributed by atoms with Crippen LogP contribution in [0.2, 0.25) is 0 Å². The van der Waals surface area contributed by atoms with Crippen LogP contribution in [0.3, 0.4) is 0 Å². The van der Waals surface area contributed by atoms with Crippen LogP contribution >= 0.6 is 0 Å². The van der Waals surface area contributed by atoms with Crippen LogP contribution in [0.15, 0.2) is 48.5 Å². The summed E-state index contributed by atoms with van der Waals surface area (Å²) in [6.45, 7) is 0.732. The van der Waals surface area contributed by atoms with Crippen molar-refractivity contribution < 1.29 is 19.4 Å². The number of hydrogen-bond donors (Lipinski definition) is 2. The topological polar surface area (TPSA) is 84.4 Å². The van der Waals surface area contributed by atoms with E-state index in [0.29, 0.717) is 29.9 Å². The zero-order chi connectivity index (χ0) is 15.4. The van der Waals surface area contributed by atoms with Crippen LogP contribution in [0, 0.1) is 0 Å². The quantitative estimate of drug-likeness (QED) is 0.683. The van der Waals surface area contributed by atoms with Crippen molar-refractivity contribution in [2.75, 3.05) is 13.2 Å². The molecule has 0 spiro atoms. The van der Waals surface area contributed by atoms with Gasteiger partial charge in [-0.05, 0) is 18.2 Å². The zero-order valence-electron chi connectivity index (χ0n) is 11.7. The molecule has 0 bridgehead atoms. The Labute approximate surface area is 126 Å². The standard InChI is InChI=1S/C16H14N2O4/c19-16(20)15-12-7-4-8-13(14(12)17-18-15)22-10-9-21-11-5-2-1-3-6-11/h1-8H,9-10H2,(H,17,18)(H,19,20). The number of aromatic amines is 1. The molecule has 0 radical (unpaired) electrons. The Kier molecular flexibility index (Phi) is 3.91. The molecular formula is C16H14N2O4. The Morgan fingerprint density at radius 3 is 2.59 bits per heavy atom. The van der Waals surface area contributed by atoms with Gasteiger partial charge >= 0.3 is 5.97 Å². The fourth-order valence-corrected chi connectivity index (χ4v) is 2.13. The highest BCUT2D eigenvalue weighted by molar-refractivity contribution is 6.02. The summed E-state index contributed by atoms with van der Waals surface area (Å²) >= 11 is 0. The molecule has 6 heteroatoms. The number of aromatic carboxylic acids is 1. The second kappa shape index (κ2) is 6.17. The van der Waals surface area contributed by atoms with Crippen molar-refractivity contribution in [2.24, 2.45) is 0 Å². The molecule has 3 aromatic rings. The molecule has 2 aromatic carbocycles. The number of H-pyrrole nitrogens is 1. The van der Waals surface area contributed by atoms with Gasteiger partial charge in [0, 0.05) is 5.39 Å². The lowest BCUT2D eigenvalue weighted by Crippen LogP contribution is -2.09. The zero-order valence-corrected chi connectivity index (χ0v) is 11.7. The summed E-state index contributed by atoms with van der Waals surface area (Å²) in [6.07, 6.45) is 0. The number of para-hydroxylation sites is 2. The molecule has 0 aliphatic heterocycles. The molecule has 0 fully saturated rings. The van der Waals surface area contributed by atoms with E-state index in [1.54, 1.807) is 18.2 Å². The lowest BCUT2D eigenvalue weighted by Gasteiger charge is -2.08. The van der Waals surface area contributed by atoms with Crippen molar-refractivity contribution >= 4 is 16.9 Å². The third-order valence-corrected chi connectivity index (χ3v) is 3.12. The number of carboxylic acid groups (broad SMARTS) is 1. The second-order valence-electron chi connectivity index (χ2n) is 4.57. The molecule has 0 amide bonds. The maximum absolute atomic E-state index is 11.1. The number of carbonyl (C=O) groups is 1. The SMILES string of the molecule is O=C(O)c1n[nH]c2c(OCCOc3ccccc3)cccc12. The maximum Gasteiger partial charge on any atom is 0.357 e. The van der Waals surface area contributed by atoms with Gasteiger partial charge in [0.15, 0.2) is 5.69 Å². The predicted octanol–water partition coefficient (Wildman–Crippen LogP) is 2.72. The van der Waals surface area contributed by atoms with Crippen LogP contribution in [0.5, 0.6) is 11.5 Å². The van der Waals surface area contributed by atoms with Crippen molar-refractivity contribution in [3.63, 3.8) is 0 Å². The molecule has 1 heterocycles. The van der Waals surface area contributed by atoms with Crippen molar-refractivity contribution in [1.29, 1.82) is 0 Å². The van der Waals surface area contributed by atoms with Crippen molar-refractivity contribution in [1.82, 2.24) is 10.2 Å². The van der Waals surface area contributed by atoms with E-state index in [1.807, 2.05) is 30.3 Å². The van der Waals surface area contributed by atoms with Gasteiger partial charge in [0.1, 0.15) is 30.2 Å². The van der Waals surface area contributed by atoms with Gasteiger partial charge in [-0.2, -0.15) is 5.10 Å². The fourth-order valence-electron chi connectivity index (χ4n) is 2.13. The minimum absolute atomic E-state index is 0.0130. The van der Waals surface area contributed by atoms with Crippen LogP contribution in [0.1, 0.15) is 10.5 Å². The van der Waals surface area contributed by atoms with E-state index in [1.165, 1.54) is 0 Å². The van der Waals surface area contributed by atoms with Gasteiger partial charge in [0.25, 0.3) is 0 Å². The third-order valence-electron chi connectivity index (χ3n) is 3.12. The number of rotatable bonds is 6. The molecule has 0 atom stereocenters. The third kappa shape index (κ3) is 2.85. The molecule has 0 saturated heterocycles. The van der Waals surface area contributed by atoms with Gasteiger partial charge in [-0.1, -0.05) is 30.3 Å². The molecule has 22 heavy (non-hydrogen) atoms. The van der Waals surface area contributed by atoms with E-state index >= 15 is 0 Å². The Bertz CT molecular complexity index is 783. The van der Waals surface area contributed by atoms with Crippen molar-refractivity contribution in [3.05, 3.63) is 54.2 Å². The molecule has 112 valence electrons. The summed E-state index contributed by atoms with van der Waals surface area (Å²) in [5.41, 5.74) is 0.556. The monoisotopic (exact) mass is 298 g/mol. The highest BCUT2D eigenvalue weighted by atomic mass is 16.5. The number of ether oxygens (including phenoxy) is 2. The Hall–Kier alpha value is -3.02. The molecule has 6 nitrogen and oxygen atoms in total. The van der Waals surface area contributed by atoms with E-state index in [4.69, 9.17) is 14.6 Å². The minimum Gasteiger partial charge on any atom is -0.490 e. The number of hydrogen-bond acceptors (Lipinski definition) is 4. The summed E-state index contributed by atoms with van der Waals surface area (Å²) in [6, 6.07) is 14.6. The summed E-state index contributed by atoms with van der Waals surface area (Å²) in [5, 5.41) is 16.1. The summed E-state index contributed by atoms with van der Waals surface area (Å²) in [4.78, 5) is 11.1. The predicted molar refractivity (Wildman–Crippen MR) is 80.5 cm³/mol. The first-order valence-electron chi connectivity index (χ1n) is 6.77. The number of aromatic nitrogens is 2. The van der Waals surface area contributed by atoms with Crippen molar-refractivity contribution in [3.8, 4) is 11.5 Å². The number of benzene rings is 2. The highest BCUT2D eigenvalue weighted by Crippen LogP contribution is 2.25. The number of fused-ring (bicyclic) bond motifs is 1. The molecule has 3 rings (SSSR count). The average molecular weight is 298 g/mol. The first-order chi connectivity index (χ1) is 10.8. The van der Waals surface area contributed by atoms with Crippen LogP contribution < -0.4 is 9.47 Å². The van der Waals surface area contributed by atoms with Gasteiger partial charge in [-0.15, -0.1) is 0 Å². The van der Waals surface area contributed by atoms with Crippen LogP contribution in [-0.2, 0) is 0 Å². The van der Waals surface area contributed by atoms with Gasteiger partial charge in [0.2, 0.25) is 0 Å². The van der Waals surface area contributed by atoms with E-state index in [2.05, 4.69) is 10.2 Å². The molecule has 0 saturated carbocycles. The Balaban J connectivity index is 1.66. The van der Waals surface area contributed by atoms with E-state index < -0.39 is 5.97 Å². The Morgan fingerprint density at radius 2 is 1.82 bits per heavy atom. The van der Waals surface area contributed by atoms with Crippen LogP contribution in [0.25, 0.3) is 10.9 Å². The molecule has 0 aliphatic carbocycles. The van der Waals surface area contributed by atoms with E-state index in [-0.39, 0.29) is 5.69 Å².